The first-order chi connectivity index (χ1) is 9.15. The van der Waals surface area contributed by atoms with E-state index in [0.29, 0.717) is 12.1 Å². The Morgan fingerprint density at radius 2 is 2.05 bits per heavy atom. The minimum Gasteiger partial charge on any atom is -0.329 e. The molecule has 2 N–H and O–H groups in total. The van der Waals surface area contributed by atoms with E-state index >= 15 is 0 Å². The van der Waals surface area contributed by atoms with Gasteiger partial charge in [0, 0.05) is 23.7 Å². The molecule has 3 heteroatoms. The van der Waals surface area contributed by atoms with Crippen molar-refractivity contribution < 1.29 is 0 Å². The Morgan fingerprint density at radius 1 is 1.37 bits per heavy atom. The van der Waals surface area contributed by atoms with E-state index in [1.165, 1.54) is 24.8 Å². The van der Waals surface area contributed by atoms with Gasteiger partial charge >= 0.3 is 0 Å². The summed E-state index contributed by atoms with van der Waals surface area (Å²) in [6.45, 7) is 6.48. The molecule has 3 atom stereocenters. The third-order valence-electron chi connectivity index (χ3n) is 4.57. The first-order valence-electron chi connectivity index (χ1n) is 7.37. The summed E-state index contributed by atoms with van der Waals surface area (Å²) in [6.07, 6.45) is 3.82. The van der Waals surface area contributed by atoms with Gasteiger partial charge in [-0.15, -0.1) is 0 Å². The Bertz CT molecular complexity index is 390. The number of hydrogen-bond acceptors (Lipinski definition) is 2. The van der Waals surface area contributed by atoms with Gasteiger partial charge in [0.2, 0.25) is 0 Å². The van der Waals surface area contributed by atoms with Crippen LogP contribution >= 0.6 is 11.6 Å². The third kappa shape index (κ3) is 3.50. The number of benzene rings is 1. The van der Waals surface area contributed by atoms with Crippen LogP contribution in [0.25, 0.3) is 0 Å². The lowest BCUT2D eigenvalue weighted by Gasteiger charge is -2.42. The van der Waals surface area contributed by atoms with Crippen LogP contribution in [-0.2, 0) is 0 Å². The van der Waals surface area contributed by atoms with E-state index in [9.17, 15) is 0 Å². The Kier molecular flexibility index (Phi) is 5.26. The predicted octanol–water partition coefficient (Wildman–Crippen LogP) is 3.85. The normalized spacial score (nSPS) is 26.3. The molecule has 0 amide bonds. The summed E-state index contributed by atoms with van der Waals surface area (Å²) in [5.74, 6) is 0.849. The topological polar surface area (TPSA) is 29.3 Å². The van der Waals surface area contributed by atoms with Crippen molar-refractivity contribution in [3.8, 4) is 0 Å². The average molecular weight is 281 g/mol. The molecule has 0 spiro atoms. The van der Waals surface area contributed by atoms with E-state index in [1.807, 2.05) is 12.1 Å². The second-order valence-corrected chi connectivity index (χ2v) is 6.09. The van der Waals surface area contributed by atoms with E-state index in [-0.39, 0.29) is 0 Å². The monoisotopic (exact) mass is 280 g/mol. The second-order valence-electron chi connectivity index (χ2n) is 5.65. The van der Waals surface area contributed by atoms with Gasteiger partial charge in [-0.25, -0.2) is 0 Å². The highest BCUT2D eigenvalue weighted by Crippen LogP contribution is 2.32. The highest BCUT2D eigenvalue weighted by Gasteiger charge is 2.30. The Balaban J connectivity index is 2.09. The molecular formula is C16H25ClN2. The van der Waals surface area contributed by atoms with Crippen LogP contribution in [0.3, 0.4) is 0 Å². The molecule has 1 aliphatic rings. The summed E-state index contributed by atoms with van der Waals surface area (Å²) in [6, 6.07) is 9.15. The number of piperidine rings is 1. The molecule has 1 aliphatic heterocycles. The standard InChI is InChI=1S/C16H25ClN2/c1-3-13-8-9-19(16(10-13)11-18)12(2)14-4-6-15(17)7-5-14/h4-7,12-13,16H,3,8-11,18H2,1-2H3. The number of hydrogen-bond donors (Lipinski definition) is 1. The number of nitrogens with zero attached hydrogens (tertiary/aromatic N) is 1. The summed E-state index contributed by atoms with van der Waals surface area (Å²) in [5.41, 5.74) is 7.32. The summed E-state index contributed by atoms with van der Waals surface area (Å²) < 4.78 is 0. The SMILES string of the molecule is CCC1CCN(C(C)c2ccc(Cl)cc2)C(CN)C1. The van der Waals surface area contributed by atoms with Crippen molar-refractivity contribution in [2.75, 3.05) is 13.1 Å². The average Bonchev–Trinajstić information content (AvgIpc) is 2.46. The summed E-state index contributed by atoms with van der Waals surface area (Å²) >= 11 is 5.96. The fraction of sp³-hybridized carbons (Fsp3) is 0.625. The molecule has 2 nitrogen and oxygen atoms in total. The maximum Gasteiger partial charge on any atom is 0.0406 e. The highest BCUT2D eigenvalue weighted by molar-refractivity contribution is 6.30. The molecule has 106 valence electrons. The van der Waals surface area contributed by atoms with Gasteiger partial charge in [-0.05, 0) is 49.9 Å². The zero-order valence-corrected chi connectivity index (χ0v) is 12.7. The van der Waals surface area contributed by atoms with Crippen LogP contribution in [0.2, 0.25) is 5.02 Å². The molecule has 0 aliphatic carbocycles. The van der Waals surface area contributed by atoms with Crippen LogP contribution < -0.4 is 5.73 Å². The van der Waals surface area contributed by atoms with Crippen molar-refractivity contribution in [3.05, 3.63) is 34.9 Å². The van der Waals surface area contributed by atoms with Crippen LogP contribution in [0.15, 0.2) is 24.3 Å². The van der Waals surface area contributed by atoms with E-state index < -0.39 is 0 Å². The zero-order valence-electron chi connectivity index (χ0n) is 12.0. The van der Waals surface area contributed by atoms with Gasteiger partial charge in [-0.3, -0.25) is 4.90 Å². The lowest BCUT2D eigenvalue weighted by molar-refractivity contribution is 0.0773. The van der Waals surface area contributed by atoms with Crippen LogP contribution in [-0.4, -0.2) is 24.0 Å². The first-order valence-corrected chi connectivity index (χ1v) is 7.74. The largest absolute Gasteiger partial charge is 0.329 e. The fourth-order valence-electron chi connectivity index (χ4n) is 3.20. The predicted molar refractivity (Wildman–Crippen MR) is 82.4 cm³/mol. The van der Waals surface area contributed by atoms with Crippen molar-refractivity contribution in [3.63, 3.8) is 0 Å². The van der Waals surface area contributed by atoms with Crippen LogP contribution in [0.4, 0.5) is 0 Å². The molecule has 1 fully saturated rings. The van der Waals surface area contributed by atoms with E-state index in [1.54, 1.807) is 0 Å². The Morgan fingerprint density at radius 3 is 2.63 bits per heavy atom. The molecule has 3 unspecified atom stereocenters. The minimum atomic E-state index is 0.420. The smallest absolute Gasteiger partial charge is 0.0406 e. The molecule has 0 saturated carbocycles. The minimum absolute atomic E-state index is 0.420. The molecular weight excluding hydrogens is 256 g/mol. The van der Waals surface area contributed by atoms with Crippen molar-refractivity contribution in [1.29, 1.82) is 0 Å². The molecule has 0 aromatic heterocycles. The summed E-state index contributed by atoms with van der Waals surface area (Å²) in [4.78, 5) is 2.56. The second kappa shape index (κ2) is 6.74. The van der Waals surface area contributed by atoms with Crippen LogP contribution in [0, 0.1) is 5.92 Å². The first kappa shape index (κ1) is 14.8. The molecule has 0 radical (unpaired) electrons. The van der Waals surface area contributed by atoms with Crippen molar-refractivity contribution in [2.24, 2.45) is 11.7 Å². The van der Waals surface area contributed by atoms with Gasteiger partial charge < -0.3 is 5.73 Å². The number of halogens is 1. The van der Waals surface area contributed by atoms with Crippen molar-refractivity contribution in [1.82, 2.24) is 4.90 Å². The number of likely N-dealkylation sites (tertiary alicyclic amines) is 1. The fourth-order valence-corrected chi connectivity index (χ4v) is 3.32. The lowest BCUT2D eigenvalue weighted by atomic mass is 9.87. The van der Waals surface area contributed by atoms with Gasteiger partial charge in [0.1, 0.15) is 0 Å². The molecule has 1 saturated heterocycles. The maximum absolute atomic E-state index is 5.99. The van der Waals surface area contributed by atoms with Gasteiger partial charge in [0.05, 0.1) is 0 Å². The molecule has 0 bridgehead atoms. The van der Waals surface area contributed by atoms with E-state index in [0.717, 1.165) is 24.0 Å². The maximum atomic E-state index is 5.99. The quantitative estimate of drug-likeness (QED) is 0.908. The molecule has 2 rings (SSSR count). The molecule has 1 aromatic rings. The van der Waals surface area contributed by atoms with Gasteiger partial charge in [-0.2, -0.15) is 0 Å². The Hall–Kier alpha value is -0.570. The van der Waals surface area contributed by atoms with Gasteiger partial charge in [-0.1, -0.05) is 37.1 Å². The zero-order chi connectivity index (χ0) is 13.8. The van der Waals surface area contributed by atoms with Crippen LogP contribution in [0.5, 0.6) is 0 Å². The Labute approximate surface area is 121 Å². The number of rotatable bonds is 4. The summed E-state index contributed by atoms with van der Waals surface area (Å²) in [7, 11) is 0. The highest BCUT2D eigenvalue weighted by atomic mass is 35.5. The van der Waals surface area contributed by atoms with Gasteiger partial charge in [0.15, 0.2) is 0 Å². The third-order valence-corrected chi connectivity index (χ3v) is 4.82. The molecule has 1 heterocycles. The van der Waals surface area contributed by atoms with E-state index in [2.05, 4.69) is 30.9 Å². The lowest BCUT2D eigenvalue weighted by Crippen LogP contribution is -2.47. The van der Waals surface area contributed by atoms with Crippen molar-refractivity contribution >= 4 is 11.6 Å². The molecule has 19 heavy (non-hydrogen) atoms. The van der Waals surface area contributed by atoms with Crippen LogP contribution in [0.1, 0.15) is 44.7 Å². The molecule has 1 aromatic carbocycles. The number of nitrogens with two attached hydrogens (primary N) is 1. The summed E-state index contributed by atoms with van der Waals surface area (Å²) in [5, 5.41) is 0.802. The van der Waals surface area contributed by atoms with Gasteiger partial charge in [0.25, 0.3) is 0 Å². The van der Waals surface area contributed by atoms with Crippen molar-refractivity contribution in [2.45, 2.75) is 45.2 Å². The van der Waals surface area contributed by atoms with E-state index in [4.69, 9.17) is 17.3 Å².